The smallest absolute Gasteiger partial charge is 0.259 e. The zero-order valence-corrected chi connectivity index (χ0v) is 20.2. The highest BCUT2D eigenvalue weighted by molar-refractivity contribution is 5.95. The van der Waals surface area contributed by atoms with Crippen molar-refractivity contribution in [2.75, 3.05) is 49.6 Å². The van der Waals surface area contributed by atoms with Crippen LogP contribution >= 0.6 is 0 Å². The number of likely N-dealkylation sites (tertiary alicyclic amines) is 1. The lowest BCUT2D eigenvalue weighted by atomic mass is 10.1. The van der Waals surface area contributed by atoms with E-state index in [-0.39, 0.29) is 5.56 Å². The zero-order valence-electron chi connectivity index (χ0n) is 20.2. The number of nitrogens with one attached hydrogen (secondary N) is 2. The number of benzene rings is 1. The number of aromatic nitrogens is 3. The topological polar surface area (TPSA) is 86.4 Å². The highest BCUT2D eigenvalue weighted by Crippen LogP contribution is 2.29. The van der Waals surface area contributed by atoms with Crippen LogP contribution in [0.4, 0.5) is 17.2 Å². The predicted molar refractivity (Wildman–Crippen MR) is 143 cm³/mol. The van der Waals surface area contributed by atoms with E-state index in [1.807, 2.05) is 36.7 Å². The van der Waals surface area contributed by atoms with Crippen molar-refractivity contribution in [3.8, 4) is 11.3 Å². The van der Waals surface area contributed by atoms with E-state index in [2.05, 4.69) is 43.3 Å². The van der Waals surface area contributed by atoms with E-state index in [0.29, 0.717) is 11.2 Å². The Morgan fingerprint density at radius 3 is 2.58 bits per heavy atom. The fourth-order valence-electron chi connectivity index (χ4n) is 5.08. The van der Waals surface area contributed by atoms with Crippen molar-refractivity contribution in [3.63, 3.8) is 0 Å². The summed E-state index contributed by atoms with van der Waals surface area (Å²) in [6.07, 6.45) is 7.97. The third kappa shape index (κ3) is 4.82. The van der Waals surface area contributed by atoms with Gasteiger partial charge in [-0.05, 0) is 79.3 Å². The fraction of sp³-hybridized carbons (Fsp3) is 0.321. The van der Waals surface area contributed by atoms with Gasteiger partial charge >= 0.3 is 0 Å². The largest absolute Gasteiger partial charge is 0.378 e. The Balaban J connectivity index is 1.32. The zero-order chi connectivity index (χ0) is 24.3. The van der Waals surface area contributed by atoms with Crippen LogP contribution in [0.15, 0.2) is 65.8 Å². The van der Waals surface area contributed by atoms with Crippen LogP contribution < -0.4 is 15.8 Å². The van der Waals surface area contributed by atoms with Gasteiger partial charge in [0.1, 0.15) is 5.82 Å². The third-order valence-corrected chi connectivity index (χ3v) is 6.96. The number of H-pyrrole nitrogens is 1. The van der Waals surface area contributed by atoms with Crippen molar-refractivity contribution in [1.29, 1.82) is 0 Å². The second-order valence-corrected chi connectivity index (χ2v) is 9.46. The lowest BCUT2D eigenvalue weighted by molar-refractivity contribution is 0.122. The van der Waals surface area contributed by atoms with Gasteiger partial charge in [-0.3, -0.25) is 14.7 Å². The van der Waals surface area contributed by atoms with Crippen molar-refractivity contribution in [2.45, 2.75) is 19.4 Å². The molecule has 0 atom stereocenters. The number of fused-ring (bicyclic) bond motifs is 1. The van der Waals surface area contributed by atoms with E-state index in [0.717, 1.165) is 74.0 Å². The maximum absolute atomic E-state index is 12.8. The van der Waals surface area contributed by atoms with Gasteiger partial charge in [0.25, 0.3) is 5.56 Å². The molecule has 2 aliphatic heterocycles. The van der Waals surface area contributed by atoms with Crippen LogP contribution in [0.25, 0.3) is 22.0 Å². The van der Waals surface area contributed by atoms with Gasteiger partial charge in [0, 0.05) is 55.2 Å². The average Bonchev–Trinajstić information content (AvgIpc) is 3.43. The molecule has 2 fully saturated rings. The molecule has 5 heterocycles. The van der Waals surface area contributed by atoms with Crippen LogP contribution in [-0.4, -0.2) is 59.2 Å². The molecular formula is C28H30N6O2. The lowest BCUT2D eigenvalue weighted by Gasteiger charge is -2.28. The quantitative estimate of drug-likeness (QED) is 0.427. The maximum Gasteiger partial charge on any atom is 0.259 e. The Kier molecular flexibility index (Phi) is 6.36. The van der Waals surface area contributed by atoms with E-state index in [4.69, 9.17) is 9.72 Å². The molecule has 1 aromatic carbocycles. The number of hydrogen-bond acceptors (Lipinski definition) is 7. The first-order valence-corrected chi connectivity index (χ1v) is 12.6. The molecule has 0 aliphatic carbocycles. The first-order valence-electron chi connectivity index (χ1n) is 12.6. The van der Waals surface area contributed by atoms with Gasteiger partial charge in [-0.1, -0.05) is 0 Å². The van der Waals surface area contributed by atoms with E-state index in [9.17, 15) is 4.79 Å². The molecule has 4 aromatic rings. The summed E-state index contributed by atoms with van der Waals surface area (Å²) in [7, 11) is 0. The summed E-state index contributed by atoms with van der Waals surface area (Å²) in [5.41, 5.74) is 4.78. The number of aromatic amines is 1. The summed E-state index contributed by atoms with van der Waals surface area (Å²) in [5, 5.41) is 4.77. The molecule has 0 spiro atoms. The Hall–Kier alpha value is -3.75. The summed E-state index contributed by atoms with van der Waals surface area (Å²) in [6, 6.07) is 14.3. The number of anilines is 3. The minimum absolute atomic E-state index is 0.167. The number of rotatable bonds is 6. The Bertz CT molecular complexity index is 1410. The molecule has 184 valence electrons. The molecule has 2 saturated heterocycles. The van der Waals surface area contributed by atoms with Crippen LogP contribution in [-0.2, 0) is 11.3 Å². The Morgan fingerprint density at radius 1 is 0.972 bits per heavy atom. The molecule has 2 aliphatic rings. The summed E-state index contributed by atoms with van der Waals surface area (Å²) in [4.78, 5) is 29.7. The second-order valence-electron chi connectivity index (χ2n) is 9.46. The summed E-state index contributed by atoms with van der Waals surface area (Å²) >= 11 is 0. The second kappa shape index (κ2) is 10.1. The van der Waals surface area contributed by atoms with E-state index in [1.165, 1.54) is 18.4 Å². The van der Waals surface area contributed by atoms with E-state index >= 15 is 0 Å². The van der Waals surface area contributed by atoms with Crippen molar-refractivity contribution >= 4 is 28.0 Å². The Morgan fingerprint density at radius 2 is 1.78 bits per heavy atom. The van der Waals surface area contributed by atoms with Crippen molar-refractivity contribution in [3.05, 3.63) is 77.0 Å². The van der Waals surface area contributed by atoms with E-state index in [1.54, 1.807) is 6.20 Å². The number of nitrogens with zero attached hydrogens (tertiary/aromatic N) is 4. The van der Waals surface area contributed by atoms with E-state index < -0.39 is 0 Å². The number of ether oxygens (including phenoxy) is 1. The normalized spacial score (nSPS) is 16.5. The van der Waals surface area contributed by atoms with Crippen molar-refractivity contribution in [2.24, 2.45) is 0 Å². The molecule has 0 amide bonds. The number of morpholine rings is 1. The first-order chi connectivity index (χ1) is 17.7. The standard InChI is InChI=1S/C28H30N6O2/c35-28-26-21(7-8-30-28)16-25(22-15-20(17-29-18-22)19-33-9-1-2-10-33)32-27(26)31-23-3-5-24(6-4-23)34-11-13-36-14-12-34/h3-8,15-18H,1-2,9-14,19H2,(H,30,35)(H,31,32). The molecule has 8 nitrogen and oxygen atoms in total. The predicted octanol–water partition coefficient (Wildman–Crippen LogP) is 4.16. The van der Waals surface area contributed by atoms with Crippen molar-refractivity contribution < 1.29 is 4.74 Å². The molecule has 0 saturated carbocycles. The minimum Gasteiger partial charge on any atom is -0.378 e. The van der Waals surface area contributed by atoms with Gasteiger partial charge in [0.2, 0.25) is 0 Å². The first kappa shape index (κ1) is 22.7. The highest BCUT2D eigenvalue weighted by atomic mass is 16.5. The van der Waals surface area contributed by atoms with Crippen LogP contribution in [0, 0.1) is 0 Å². The molecule has 0 bridgehead atoms. The van der Waals surface area contributed by atoms with Crippen LogP contribution in [0.1, 0.15) is 18.4 Å². The minimum atomic E-state index is -0.167. The number of pyridine rings is 3. The summed E-state index contributed by atoms with van der Waals surface area (Å²) in [6.45, 7) is 6.45. The highest BCUT2D eigenvalue weighted by Gasteiger charge is 2.15. The monoisotopic (exact) mass is 482 g/mol. The van der Waals surface area contributed by atoms with Gasteiger partial charge in [-0.2, -0.15) is 0 Å². The molecule has 0 radical (unpaired) electrons. The van der Waals surface area contributed by atoms with Crippen molar-refractivity contribution in [1.82, 2.24) is 19.9 Å². The molecule has 6 rings (SSSR count). The molecule has 8 heteroatoms. The SMILES string of the molecule is O=c1[nH]ccc2cc(-c3cncc(CN4CCCC4)c3)nc(Nc3ccc(N4CCOCC4)cc3)c12. The van der Waals surface area contributed by atoms with Gasteiger partial charge in [0.05, 0.1) is 24.3 Å². The summed E-state index contributed by atoms with van der Waals surface area (Å²) in [5.74, 6) is 0.536. The van der Waals surface area contributed by atoms with Gasteiger partial charge in [-0.25, -0.2) is 4.98 Å². The maximum atomic E-state index is 12.8. The molecular weight excluding hydrogens is 452 g/mol. The van der Waals surface area contributed by atoms with Crippen LogP contribution in [0.3, 0.4) is 0 Å². The number of hydrogen-bond donors (Lipinski definition) is 2. The molecule has 36 heavy (non-hydrogen) atoms. The molecule has 0 unspecified atom stereocenters. The summed E-state index contributed by atoms with van der Waals surface area (Å²) < 4.78 is 5.46. The molecule has 2 N–H and O–H groups in total. The Labute approximate surface area is 210 Å². The van der Waals surface area contributed by atoms with Gasteiger partial charge in [-0.15, -0.1) is 0 Å². The molecule has 3 aromatic heterocycles. The lowest BCUT2D eigenvalue weighted by Crippen LogP contribution is -2.36. The van der Waals surface area contributed by atoms with Crippen LogP contribution in [0.5, 0.6) is 0 Å². The third-order valence-electron chi connectivity index (χ3n) is 6.96. The van der Waals surface area contributed by atoms with Gasteiger partial charge in [0.15, 0.2) is 0 Å². The average molecular weight is 483 g/mol. The fourth-order valence-corrected chi connectivity index (χ4v) is 5.08. The van der Waals surface area contributed by atoms with Gasteiger partial charge < -0.3 is 19.9 Å². The van der Waals surface area contributed by atoms with Crippen LogP contribution in [0.2, 0.25) is 0 Å².